The van der Waals surface area contributed by atoms with Crippen LogP contribution >= 0.6 is 0 Å². The summed E-state index contributed by atoms with van der Waals surface area (Å²) in [7, 11) is 3.33. The molecule has 1 saturated carbocycles. The molecule has 2 amide bonds. The van der Waals surface area contributed by atoms with Crippen molar-refractivity contribution < 1.29 is 23.7 Å². The molecular formula is C37H40N6O5. The van der Waals surface area contributed by atoms with E-state index in [0.717, 1.165) is 64.0 Å². The predicted molar refractivity (Wildman–Crippen MR) is 181 cm³/mol. The van der Waals surface area contributed by atoms with Crippen molar-refractivity contribution in [3.05, 3.63) is 107 Å². The zero-order valence-electron chi connectivity index (χ0n) is 27.4. The molecule has 5 aromatic rings. The molecule has 1 aliphatic heterocycles. The number of rotatable bonds is 11. The molecule has 0 radical (unpaired) electrons. The van der Waals surface area contributed by atoms with Gasteiger partial charge in [0.2, 0.25) is 0 Å². The van der Waals surface area contributed by atoms with Gasteiger partial charge < -0.3 is 24.3 Å². The summed E-state index contributed by atoms with van der Waals surface area (Å²) in [4.78, 5) is 22.6. The lowest BCUT2D eigenvalue weighted by molar-refractivity contribution is -0.0246. The zero-order chi connectivity index (χ0) is 33.1. The summed E-state index contributed by atoms with van der Waals surface area (Å²) in [5, 5.41) is 11.9. The number of anilines is 1. The lowest BCUT2D eigenvalue weighted by Crippen LogP contribution is -2.30. The molecule has 1 saturated heterocycles. The third-order valence-corrected chi connectivity index (χ3v) is 9.27. The number of nitrogens with one attached hydrogen (secondary N) is 2. The smallest absolute Gasteiger partial charge is 0.320 e. The number of nitrogens with zero attached hydrogens (tertiary/aromatic N) is 4. The number of hydrogen-bond donors (Lipinski definition) is 2. The number of carbonyl (C=O) groups is 1. The van der Waals surface area contributed by atoms with Crippen molar-refractivity contribution in [2.75, 3.05) is 32.8 Å². The molecule has 11 nitrogen and oxygen atoms in total. The van der Waals surface area contributed by atoms with E-state index in [2.05, 4.69) is 33.8 Å². The molecule has 0 unspecified atom stereocenters. The Hall–Kier alpha value is -4.84. The van der Waals surface area contributed by atoms with Gasteiger partial charge in [0.25, 0.3) is 0 Å². The number of carbonyl (C=O) groups excluding carboxylic acids is 1. The first kappa shape index (κ1) is 31.7. The lowest BCUT2D eigenvalue weighted by atomic mass is 9.79. The van der Waals surface area contributed by atoms with Gasteiger partial charge in [0.1, 0.15) is 17.2 Å². The molecular weight excluding hydrogens is 608 g/mol. The summed E-state index contributed by atoms with van der Waals surface area (Å²) in [6, 6.07) is 23.3. The maximum atomic E-state index is 12.9. The second kappa shape index (κ2) is 13.7. The molecule has 48 heavy (non-hydrogen) atoms. The number of fused-ring (bicyclic) bond motifs is 1. The summed E-state index contributed by atoms with van der Waals surface area (Å²) in [5.41, 5.74) is 5.10. The van der Waals surface area contributed by atoms with Gasteiger partial charge in [0.05, 0.1) is 43.3 Å². The van der Waals surface area contributed by atoms with Gasteiger partial charge in [-0.05, 0) is 60.7 Å². The largest absolute Gasteiger partial charge is 0.497 e. The van der Waals surface area contributed by atoms with Crippen LogP contribution in [-0.2, 0) is 33.0 Å². The monoisotopic (exact) mass is 648 g/mol. The quantitative estimate of drug-likeness (QED) is 0.174. The summed E-state index contributed by atoms with van der Waals surface area (Å²) in [6.45, 7) is 4.05. The number of aryl methyl sites for hydroxylation is 1. The third-order valence-electron chi connectivity index (χ3n) is 9.27. The van der Waals surface area contributed by atoms with Crippen LogP contribution in [0.15, 0.2) is 79.0 Å². The van der Waals surface area contributed by atoms with Gasteiger partial charge in [0.15, 0.2) is 5.82 Å². The Morgan fingerprint density at radius 1 is 1.04 bits per heavy atom. The number of hydrogen-bond acceptors (Lipinski definition) is 8. The Morgan fingerprint density at radius 3 is 2.58 bits per heavy atom. The average molecular weight is 649 g/mol. The van der Waals surface area contributed by atoms with Gasteiger partial charge in [-0.25, -0.2) is 19.4 Å². The Bertz CT molecular complexity index is 1880. The van der Waals surface area contributed by atoms with E-state index >= 15 is 0 Å². The molecule has 2 aromatic carbocycles. The van der Waals surface area contributed by atoms with E-state index in [-0.39, 0.29) is 18.1 Å². The van der Waals surface area contributed by atoms with Crippen LogP contribution in [-0.4, -0.2) is 59.3 Å². The molecule has 4 heterocycles. The van der Waals surface area contributed by atoms with E-state index < -0.39 is 5.60 Å². The van der Waals surface area contributed by atoms with Crippen molar-refractivity contribution >= 4 is 22.8 Å². The van der Waals surface area contributed by atoms with Gasteiger partial charge in [-0.2, -0.15) is 5.10 Å². The van der Waals surface area contributed by atoms with Gasteiger partial charge in [-0.3, -0.25) is 5.32 Å². The first-order valence-corrected chi connectivity index (χ1v) is 16.3. The molecule has 2 aliphatic rings. The van der Waals surface area contributed by atoms with E-state index in [4.69, 9.17) is 29.0 Å². The van der Waals surface area contributed by atoms with E-state index in [0.29, 0.717) is 38.0 Å². The second-order valence-corrected chi connectivity index (χ2v) is 12.5. The minimum absolute atomic E-state index is 0.159. The first-order chi connectivity index (χ1) is 23.4. The normalized spacial score (nSPS) is 20.4. The molecule has 248 valence electrons. The van der Waals surface area contributed by atoms with Crippen molar-refractivity contribution in [3.8, 4) is 11.6 Å². The molecule has 11 heteroatoms. The Kier molecular flexibility index (Phi) is 9.07. The number of amides is 2. The number of pyridine rings is 2. The standard InChI is InChI=1S/C37H40N6O5/c1-24-15-32(37(46-3)13-14-47-23-37)40-34(16-24)43-31-19-33(41-36(44)39-20-25-9-11-28(45-2)12-10-25)38-21-30(31)35(42-43)27-17-29(18-27)48-22-26-7-5-4-6-8-26/h4-12,15-16,19,21,27,29H,13-14,17-18,20,22-23H2,1-3H3,(H2,38,39,41,44)/t27?,29?,37-/m0/s1. The Morgan fingerprint density at radius 2 is 1.85 bits per heavy atom. The fourth-order valence-electron chi connectivity index (χ4n) is 6.38. The van der Waals surface area contributed by atoms with Crippen molar-refractivity contribution in [2.45, 2.75) is 57.0 Å². The number of aromatic nitrogens is 4. The van der Waals surface area contributed by atoms with Crippen molar-refractivity contribution in [3.63, 3.8) is 0 Å². The fourth-order valence-corrected chi connectivity index (χ4v) is 6.38. The average Bonchev–Trinajstić information content (AvgIpc) is 3.73. The van der Waals surface area contributed by atoms with Crippen LogP contribution in [0.5, 0.6) is 5.75 Å². The van der Waals surface area contributed by atoms with Crippen LogP contribution < -0.4 is 15.4 Å². The molecule has 0 spiro atoms. The van der Waals surface area contributed by atoms with Crippen LogP contribution in [0.1, 0.15) is 53.3 Å². The Labute approximate surface area is 279 Å². The van der Waals surface area contributed by atoms with Crippen LogP contribution in [0.3, 0.4) is 0 Å². The highest BCUT2D eigenvalue weighted by molar-refractivity contribution is 5.92. The predicted octanol–water partition coefficient (Wildman–Crippen LogP) is 6.18. The maximum Gasteiger partial charge on any atom is 0.320 e. The van der Waals surface area contributed by atoms with Crippen molar-refractivity contribution in [1.29, 1.82) is 0 Å². The number of methoxy groups -OCH3 is 2. The summed E-state index contributed by atoms with van der Waals surface area (Å²) >= 11 is 0. The van der Waals surface area contributed by atoms with Crippen LogP contribution in [0, 0.1) is 6.92 Å². The van der Waals surface area contributed by atoms with Crippen LogP contribution in [0.2, 0.25) is 0 Å². The molecule has 3 aromatic heterocycles. The van der Waals surface area contributed by atoms with Crippen molar-refractivity contribution in [2.24, 2.45) is 0 Å². The van der Waals surface area contributed by atoms with Crippen molar-refractivity contribution in [1.82, 2.24) is 25.1 Å². The number of ether oxygens (including phenoxy) is 4. The highest BCUT2D eigenvalue weighted by Gasteiger charge is 2.39. The molecule has 2 N–H and O–H groups in total. The number of urea groups is 1. The first-order valence-electron chi connectivity index (χ1n) is 16.3. The topological polar surface area (TPSA) is 122 Å². The van der Waals surface area contributed by atoms with E-state index in [1.807, 2.05) is 66.2 Å². The zero-order valence-corrected chi connectivity index (χ0v) is 27.4. The van der Waals surface area contributed by atoms with Gasteiger partial charge in [-0.1, -0.05) is 42.5 Å². The number of benzene rings is 2. The molecule has 2 fully saturated rings. The van der Waals surface area contributed by atoms with E-state index in [1.165, 1.54) is 0 Å². The SMILES string of the molecule is COc1ccc(CNC(=O)Nc2cc3c(cn2)c(C2CC(OCc4ccccc4)C2)nn3-c2cc(C)cc([C@]3(OC)CCOC3)n2)cc1. The molecule has 1 atom stereocenters. The van der Waals surface area contributed by atoms with Crippen LogP contribution in [0.25, 0.3) is 16.7 Å². The fraction of sp³-hybridized carbons (Fsp3) is 0.351. The van der Waals surface area contributed by atoms with Crippen LogP contribution in [0.4, 0.5) is 10.6 Å². The van der Waals surface area contributed by atoms with E-state index in [9.17, 15) is 4.79 Å². The minimum atomic E-state index is -0.611. The third kappa shape index (κ3) is 6.62. The molecule has 7 rings (SSSR count). The Balaban J connectivity index is 1.16. The van der Waals surface area contributed by atoms with Gasteiger partial charge in [0, 0.05) is 50.2 Å². The highest BCUT2D eigenvalue weighted by atomic mass is 16.5. The maximum absolute atomic E-state index is 12.9. The van der Waals surface area contributed by atoms with E-state index in [1.54, 1.807) is 20.4 Å². The summed E-state index contributed by atoms with van der Waals surface area (Å²) < 4.78 is 25.0. The summed E-state index contributed by atoms with van der Waals surface area (Å²) in [6.07, 6.45) is 4.41. The highest BCUT2D eigenvalue weighted by Crippen LogP contribution is 2.42. The molecule has 0 bridgehead atoms. The molecule has 1 aliphatic carbocycles. The summed E-state index contributed by atoms with van der Waals surface area (Å²) in [5.74, 6) is 2.05. The second-order valence-electron chi connectivity index (χ2n) is 12.5. The lowest BCUT2D eigenvalue weighted by Gasteiger charge is -2.34. The van der Waals surface area contributed by atoms with Gasteiger partial charge >= 0.3 is 6.03 Å². The minimum Gasteiger partial charge on any atom is -0.497 e. The van der Waals surface area contributed by atoms with Gasteiger partial charge in [-0.15, -0.1) is 0 Å².